The molecule has 0 radical (unpaired) electrons. The molecule has 1 heterocycles. The van der Waals surface area contributed by atoms with Gasteiger partial charge in [-0.1, -0.05) is 23.7 Å². The second-order valence-corrected chi connectivity index (χ2v) is 7.25. The van der Waals surface area contributed by atoms with Gasteiger partial charge in [0.1, 0.15) is 11.5 Å². The molecule has 0 bridgehead atoms. The number of hydrogen-bond donors (Lipinski definition) is 0. The smallest absolute Gasteiger partial charge is 0.119 e. The van der Waals surface area contributed by atoms with E-state index in [2.05, 4.69) is 19.0 Å². The van der Waals surface area contributed by atoms with E-state index >= 15 is 0 Å². The maximum Gasteiger partial charge on any atom is 0.119 e. The van der Waals surface area contributed by atoms with Crippen LogP contribution >= 0.6 is 11.6 Å². The van der Waals surface area contributed by atoms with Crippen LogP contribution in [0.5, 0.6) is 11.5 Å². The zero-order valence-corrected chi connectivity index (χ0v) is 17.2. The fourth-order valence-corrected chi connectivity index (χ4v) is 3.08. The summed E-state index contributed by atoms with van der Waals surface area (Å²) in [6.45, 7) is 1.68. The molecule has 3 rings (SSSR count). The molecule has 1 aromatic heterocycles. The van der Waals surface area contributed by atoms with Gasteiger partial charge in [0.25, 0.3) is 0 Å². The maximum atomic E-state index is 6.38. The molecule has 3 aromatic rings. The molecule has 0 unspecified atom stereocenters. The van der Waals surface area contributed by atoms with Crippen molar-refractivity contribution in [1.29, 1.82) is 0 Å². The van der Waals surface area contributed by atoms with E-state index in [1.165, 1.54) is 0 Å². The summed E-state index contributed by atoms with van der Waals surface area (Å²) in [7, 11) is 5.78. The molecule has 0 aliphatic carbocycles. The number of aromatic nitrogens is 1. The third-order valence-corrected chi connectivity index (χ3v) is 4.54. The Kier molecular flexibility index (Phi) is 6.90. The Hall–Kier alpha value is -2.56. The maximum absolute atomic E-state index is 6.38. The Labute approximate surface area is 171 Å². The van der Waals surface area contributed by atoms with Gasteiger partial charge in [0.05, 0.1) is 25.1 Å². The predicted octanol–water partition coefficient (Wildman–Crippen LogP) is 5.41. The first-order valence-corrected chi connectivity index (χ1v) is 9.63. The Morgan fingerprint density at radius 2 is 1.61 bits per heavy atom. The zero-order valence-electron chi connectivity index (χ0n) is 16.5. The monoisotopic (exact) mass is 396 g/mol. The van der Waals surface area contributed by atoms with E-state index in [1.807, 2.05) is 60.7 Å². The summed E-state index contributed by atoms with van der Waals surface area (Å²) in [5.74, 6) is 1.65. The highest BCUT2D eigenvalue weighted by atomic mass is 35.5. The topological polar surface area (TPSA) is 34.6 Å². The van der Waals surface area contributed by atoms with Crippen molar-refractivity contribution in [3.8, 4) is 34.0 Å². The van der Waals surface area contributed by atoms with E-state index in [0.29, 0.717) is 11.6 Å². The molecule has 146 valence electrons. The zero-order chi connectivity index (χ0) is 19.9. The van der Waals surface area contributed by atoms with Crippen molar-refractivity contribution < 1.29 is 9.47 Å². The van der Waals surface area contributed by atoms with Gasteiger partial charge in [-0.05, 0) is 69.0 Å². The predicted molar refractivity (Wildman–Crippen MR) is 115 cm³/mol. The highest BCUT2D eigenvalue weighted by Crippen LogP contribution is 2.29. The van der Waals surface area contributed by atoms with Gasteiger partial charge in [-0.2, -0.15) is 0 Å². The average molecular weight is 397 g/mol. The van der Waals surface area contributed by atoms with Crippen LogP contribution in [-0.4, -0.2) is 44.2 Å². The molecule has 4 nitrogen and oxygen atoms in total. The minimum atomic E-state index is 0.646. The summed E-state index contributed by atoms with van der Waals surface area (Å²) in [4.78, 5) is 6.95. The highest BCUT2D eigenvalue weighted by Gasteiger charge is 2.08. The number of nitrogens with zero attached hydrogens (tertiary/aromatic N) is 2. The second-order valence-electron chi connectivity index (χ2n) is 6.82. The normalized spacial score (nSPS) is 10.9. The lowest BCUT2D eigenvalue weighted by Gasteiger charge is -2.11. The summed E-state index contributed by atoms with van der Waals surface area (Å²) in [6, 6.07) is 19.5. The van der Waals surface area contributed by atoms with Crippen LogP contribution in [0.25, 0.3) is 22.5 Å². The van der Waals surface area contributed by atoms with Crippen LogP contribution < -0.4 is 9.47 Å². The third kappa shape index (κ3) is 5.47. The molecule has 0 amide bonds. The van der Waals surface area contributed by atoms with Crippen molar-refractivity contribution in [1.82, 2.24) is 9.88 Å². The van der Waals surface area contributed by atoms with E-state index in [1.54, 1.807) is 7.11 Å². The molecule has 0 fully saturated rings. The molecular weight excluding hydrogens is 372 g/mol. The van der Waals surface area contributed by atoms with Gasteiger partial charge in [0.15, 0.2) is 0 Å². The first-order chi connectivity index (χ1) is 13.5. The minimum absolute atomic E-state index is 0.646. The summed E-state index contributed by atoms with van der Waals surface area (Å²) >= 11 is 6.38. The Balaban J connectivity index is 1.81. The SMILES string of the molecule is COc1ccc(-c2cc(Cl)cc(-c3cccc(OCCCN(C)C)c3)n2)cc1. The number of rotatable bonds is 8. The standard InChI is InChI=1S/C23H25ClN2O2/c1-26(2)12-5-13-28-21-7-4-6-18(14-21)23-16-19(24)15-22(25-23)17-8-10-20(27-3)11-9-17/h4,6-11,14-16H,5,12-13H2,1-3H3. The number of pyridine rings is 1. The fraction of sp³-hybridized carbons (Fsp3) is 0.261. The van der Waals surface area contributed by atoms with Crippen molar-refractivity contribution in [2.45, 2.75) is 6.42 Å². The molecule has 0 aliphatic heterocycles. The molecular formula is C23H25ClN2O2. The lowest BCUT2D eigenvalue weighted by Crippen LogP contribution is -2.15. The van der Waals surface area contributed by atoms with Crippen molar-refractivity contribution in [2.24, 2.45) is 0 Å². The lowest BCUT2D eigenvalue weighted by atomic mass is 10.1. The van der Waals surface area contributed by atoms with Crippen molar-refractivity contribution in [3.63, 3.8) is 0 Å². The van der Waals surface area contributed by atoms with Crippen LogP contribution in [0.3, 0.4) is 0 Å². The van der Waals surface area contributed by atoms with E-state index in [-0.39, 0.29) is 0 Å². The lowest BCUT2D eigenvalue weighted by molar-refractivity contribution is 0.281. The van der Waals surface area contributed by atoms with Gasteiger partial charge in [-0.15, -0.1) is 0 Å². The number of methoxy groups -OCH3 is 1. The molecule has 2 aromatic carbocycles. The van der Waals surface area contributed by atoms with Crippen LogP contribution in [0.2, 0.25) is 5.02 Å². The first kappa shape index (κ1) is 20.2. The average Bonchev–Trinajstić information content (AvgIpc) is 2.71. The summed E-state index contributed by atoms with van der Waals surface area (Å²) in [5.41, 5.74) is 3.60. The molecule has 0 N–H and O–H groups in total. The molecule has 0 atom stereocenters. The van der Waals surface area contributed by atoms with Gasteiger partial charge in [0, 0.05) is 22.7 Å². The van der Waals surface area contributed by atoms with Gasteiger partial charge < -0.3 is 14.4 Å². The van der Waals surface area contributed by atoms with E-state index < -0.39 is 0 Å². The second kappa shape index (κ2) is 9.58. The quantitative estimate of drug-likeness (QED) is 0.477. The van der Waals surface area contributed by atoms with Gasteiger partial charge in [0.2, 0.25) is 0 Å². The van der Waals surface area contributed by atoms with Crippen LogP contribution in [0.1, 0.15) is 6.42 Å². The molecule has 0 aliphatic rings. The number of ether oxygens (including phenoxy) is 2. The van der Waals surface area contributed by atoms with Crippen LogP contribution in [-0.2, 0) is 0 Å². The van der Waals surface area contributed by atoms with Gasteiger partial charge in [-0.3, -0.25) is 0 Å². The molecule has 5 heteroatoms. The Bertz CT molecular complexity index is 911. The van der Waals surface area contributed by atoms with Gasteiger partial charge in [-0.25, -0.2) is 4.98 Å². The summed E-state index contributed by atoms with van der Waals surface area (Å²) < 4.78 is 11.1. The number of hydrogen-bond acceptors (Lipinski definition) is 4. The van der Waals surface area contributed by atoms with Crippen molar-refractivity contribution in [3.05, 3.63) is 65.7 Å². The van der Waals surface area contributed by atoms with Crippen molar-refractivity contribution in [2.75, 3.05) is 34.4 Å². The van der Waals surface area contributed by atoms with Crippen LogP contribution in [0.4, 0.5) is 0 Å². The summed E-state index contributed by atoms with van der Waals surface area (Å²) in [6.07, 6.45) is 0.980. The van der Waals surface area contributed by atoms with Crippen molar-refractivity contribution >= 4 is 11.6 Å². The molecule has 0 saturated carbocycles. The minimum Gasteiger partial charge on any atom is -0.497 e. The molecule has 0 saturated heterocycles. The first-order valence-electron chi connectivity index (χ1n) is 9.25. The largest absolute Gasteiger partial charge is 0.497 e. The van der Waals surface area contributed by atoms with Gasteiger partial charge >= 0.3 is 0 Å². The highest BCUT2D eigenvalue weighted by molar-refractivity contribution is 6.31. The fourth-order valence-electron chi connectivity index (χ4n) is 2.87. The van der Waals surface area contributed by atoms with Crippen LogP contribution in [0, 0.1) is 0 Å². The van der Waals surface area contributed by atoms with E-state index in [9.17, 15) is 0 Å². The van der Waals surface area contributed by atoms with E-state index in [0.717, 1.165) is 47.0 Å². The van der Waals surface area contributed by atoms with E-state index in [4.69, 9.17) is 26.1 Å². The van der Waals surface area contributed by atoms with Crippen LogP contribution in [0.15, 0.2) is 60.7 Å². The Morgan fingerprint density at radius 1 is 0.893 bits per heavy atom. The molecule has 0 spiro atoms. The third-order valence-electron chi connectivity index (χ3n) is 4.32. The molecule has 28 heavy (non-hydrogen) atoms. The number of halogens is 1. The number of benzene rings is 2. The Morgan fingerprint density at radius 3 is 2.29 bits per heavy atom. The summed E-state index contributed by atoms with van der Waals surface area (Å²) in [5, 5.41) is 0.646.